The zero-order valence-corrected chi connectivity index (χ0v) is 23.2. The molecule has 10 heteroatoms. The molecule has 1 N–H and O–H groups in total. The normalized spacial score (nSPS) is 14.8. The first-order chi connectivity index (χ1) is 17.4. The number of ether oxygens (including phenoxy) is 1. The lowest BCUT2D eigenvalue weighted by Gasteiger charge is -2.17. The van der Waals surface area contributed by atoms with E-state index in [9.17, 15) is 10.1 Å². The van der Waals surface area contributed by atoms with Gasteiger partial charge in [-0.25, -0.2) is 0 Å². The van der Waals surface area contributed by atoms with Crippen molar-refractivity contribution in [2.24, 2.45) is 5.92 Å². The van der Waals surface area contributed by atoms with E-state index in [0.717, 1.165) is 66.5 Å². The quantitative estimate of drug-likeness (QED) is 0.247. The lowest BCUT2D eigenvalue weighted by molar-refractivity contribution is -0.113. The summed E-state index contributed by atoms with van der Waals surface area (Å²) in [5.41, 5.74) is 2.76. The highest BCUT2D eigenvalue weighted by Gasteiger charge is 2.25. The number of anilines is 1. The summed E-state index contributed by atoms with van der Waals surface area (Å²) in [7, 11) is 0. The number of hydrogen-bond acceptors (Lipinski definition) is 7. The van der Waals surface area contributed by atoms with E-state index < -0.39 is 0 Å². The van der Waals surface area contributed by atoms with Crippen molar-refractivity contribution in [1.82, 2.24) is 14.8 Å². The Hall–Kier alpha value is -2.54. The molecule has 1 aliphatic rings. The van der Waals surface area contributed by atoms with Crippen LogP contribution in [0, 0.1) is 24.2 Å². The summed E-state index contributed by atoms with van der Waals surface area (Å²) in [6.45, 7) is 7.53. The first-order valence-electron chi connectivity index (χ1n) is 12.2. The summed E-state index contributed by atoms with van der Waals surface area (Å²) in [6, 6.07) is 7.90. The Morgan fingerprint density at radius 3 is 3.00 bits per heavy atom. The maximum Gasteiger partial charge on any atom is 0.235 e. The molecule has 0 radical (unpaired) electrons. The Morgan fingerprint density at radius 1 is 1.42 bits per heavy atom. The molecule has 0 saturated heterocycles. The number of rotatable bonds is 10. The third-order valence-corrected chi connectivity index (χ3v) is 8.63. The first-order valence-corrected chi connectivity index (χ1v) is 14.4. The molecule has 0 fully saturated rings. The average Bonchev–Trinajstić information content (AvgIpc) is 3.40. The van der Waals surface area contributed by atoms with Crippen LogP contribution in [0.5, 0.6) is 5.75 Å². The molecule has 36 heavy (non-hydrogen) atoms. The van der Waals surface area contributed by atoms with Crippen molar-refractivity contribution < 1.29 is 9.53 Å². The van der Waals surface area contributed by atoms with Crippen LogP contribution < -0.4 is 10.1 Å². The highest BCUT2D eigenvalue weighted by atomic mass is 35.5. The fraction of sp³-hybridized carbons (Fsp3) is 0.462. The number of fused-ring (bicyclic) bond motifs is 1. The van der Waals surface area contributed by atoms with Crippen molar-refractivity contribution in [2.75, 3.05) is 17.7 Å². The summed E-state index contributed by atoms with van der Waals surface area (Å²) in [6.07, 6.45) is 4.50. The summed E-state index contributed by atoms with van der Waals surface area (Å²) < 4.78 is 7.93. The highest BCUT2D eigenvalue weighted by Crippen LogP contribution is 2.39. The van der Waals surface area contributed by atoms with Gasteiger partial charge in [0.25, 0.3) is 0 Å². The second kappa shape index (κ2) is 12.1. The van der Waals surface area contributed by atoms with Gasteiger partial charge in [-0.3, -0.25) is 4.79 Å². The van der Waals surface area contributed by atoms with E-state index in [4.69, 9.17) is 16.3 Å². The van der Waals surface area contributed by atoms with Crippen molar-refractivity contribution >= 4 is 45.6 Å². The molecule has 4 rings (SSSR count). The number of hydrogen-bond donors (Lipinski definition) is 1. The molecule has 1 unspecified atom stereocenters. The van der Waals surface area contributed by atoms with Gasteiger partial charge < -0.3 is 14.6 Å². The van der Waals surface area contributed by atoms with Crippen LogP contribution in [-0.4, -0.2) is 33.0 Å². The molecule has 2 aromatic heterocycles. The number of thioether (sulfide) groups is 1. The summed E-state index contributed by atoms with van der Waals surface area (Å²) in [4.78, 5) is 13.9. The average molecular weight is 544 g/mol. The molecule has 0 spiro atoms. The minimum atomic E-state index is -0.137. The smallest absolute Gasteiger partial charge is 0.235 e. The molecular formula is C26H30ClN5O2S2. The molecule has 0 saturated carbocycles. The number of aryl methyl sites for hydroxylation is 2. The van der Waals surface area contributed by atoms with Crippen LogP contribution in [0.15, 0.2) is 23.4 Å². The maximum absolute atomic E-state index is 12.7. The van der Waals surface area contributed by atoms with Crippen LogP contribution in [0.4, 0.5) is 5.00 Å². The van der Waals surface area contributed by atoms with Gasteiger partial charge >= 0.3 is 0 Å². The number of nitriles is 1. The van der Waals surface area contributed by atoms with Gasteiger partial charge in [0.2, 0.25) is 5.91 Å². The molecule has 3 aromatic rings. The van der Waals surface area contributed by atoms with Gasteiger partial charge in [-0.15, -0.1) is 21.5 Å². The number of halogens is 1. The fourth-order valence-corrected chi connectivity index (χ4v) is 6.79. The Labute approximate surface area is 225 Å². The molecule has 1 atom stereocenters. The Balaban J connectivity index is 1.30. The Morgan fingerprint density at radius 2 is 2.25 bits per heavy atom. The van der Waals surface area contributed by atoms with E-state index in [2.05, 4.69) is 28.5 Å². The lowest BCUT2D eigenvalue weighted by Crippen LogP contribution is -2.15. The second-order valence-corrected chi connectivity index (χ2v) is 11.5. The zero-order valence-electron chi connectivity index (χ0n) is 20.8. The first kappa shape index (κ1) is 26.5. The second-order valence-electron chi connectivity index (χ2n) is 9.01. The van der Waals surface area contributed by atoms with Crippen LogP contribution in [0.25, 0.3) is 0 Å². The van der Waals surface area contributed by atoms with Gasteiger partial charge in [-0.1, -0.05) is 30.3 Å². The largest absolute Gasteiger partial charge is 0.493 e. The summed E-state index contributed by atoms with van der Waals surface area (Å²) in [5.74, 6) is 2.40. The van der Waals surface area contributed by atoms with Crippen molar-refractivity contribution in [3.63, 3.8) is 0 Å². The predicted octanol–water partition coefficient (Wildman–Crippen LogP) is 6.06. The maximum atomic E-state index is 12.7. The summed E-state index contributed by atoms with van der Waals surface area (Å²) in [5, 5.41) is 23.4. The van der Waals surface area contributed by atoms with Gasteiger partial charge in [-0.05, 0) is 74.8 Å². The number of amides is 1. The van der Waals surface area contributed by atoms with Gasteiger partial charge in [0.15, 0.2) is 5.16 Å². The molecule has 7 nitrogen and oxygen atoms in total. The Bertz CT molecular complexity index is 1280. The molecule has 1 amide bonds. The van der Waals surface area contributed by atoms with Crippen LogP contribution in [-0.2, 0) is 30.6 Å². The van der Waals surface area contributed by atoms with E-state index in [1.807, 2.05) is 36.6 Å². The molecular weight excluding hydrogens is 514 g/mol. The van der Waals surface area contributed by atoms with Gasteiger partial charge in [-0.2, -0.15) is 5.26 Å². The van der Waals surface area contributed by atoms with E-state index in [1.54, 1.807) is 11.3 Å². The van der Waals surface area contributed by atoms with Gasteiger partial charge in [0, 0.05) is 22.9 Å². The number of nitrogens with one attached hydrogen (secondary N) is 1. The van der Waals surface area contributed by atoms with Gasteiger partial charge in [0.05, 0.1) is 17.9 Å². The number of aromatic nitrogens is 3. The molecule has 1 aliphatic carbocycles. The third-order valence-electron chi connectivity index (χ3n) is 6.26. The number of carbonyl (C=O) groups excluding carboxylic acids is 1. The predicted molar refractivity (Wildman–Crippen MR) is 145 cm³/mol. The van der Waals surface area contributed by atoms with Crippen LogP contribution >= 0.6 is 34.7 Å². The topological polar surface area (TPSA) is 92.8 Å². The molecule has 190 valence electrons. The van der Waals surface area contributed by atoms with Crippen molar-refractivity contribution in [3.8, 4) is 11.8 Å². The van der Waals surface area contributed by atoms with Crippen LogP contribution in [0.1, 0.15) is 54.1 Å². The van der Waals surface area contributed by atoms with E-state index in [0.29, 0.717) is 28.1 Å². The van der Waals surface area contributed by atoms with Gasteiger partial charge in [0.1, 0.15) is 22.6 Å². The van der Waals surface area contributed by atoms with Crippen LogP contribution in [0.2, 0.25) is 5.02 Å². The standard InChI is InChI=1S/C26H30ClN5O2S2/c1-4-32-23(6-5-11-34-21-10-8-18(27)13-17(21)3)30-31-26(32)35-15-24(33)29-25-20(14-28)19-9-7-16(2)12-22(19)36-25/h8,10,13,16H,4-7,9,11-12,15H2,1-3H3,(H,29,33). The Kier molecular flexibility index (Phi) is 8.94. The summed E-state index contributed by atoms with van der Waals surface area (Å²) >= 11 is 8.92. The zero-order chi connectivity index (χ0) is 25.7. The van der Waals surface area contributed by atoms with Crippen molar-refractivity contribution in [3.05, 3.63) is 50.6 Å². The molecule has 0 bridgehead atoms. The number of thiophene rings is 1. The highest BCUT2D eigenvalue weighted by molar-refractivity contribution is 7.99. The number of benzene rings is 1. The van der Waals surface area contributed by atoms with Crippen molar-refractivity contribution in [1.29, 1.82) is 5.26 Å². The minimum Gasteiger partial charge on any atom is -0.493 e. The van der Waals surface area contributed by atoms with E-state index in [1.165, 1.54) is 16.6 Å². The molecule has 1 aromatic carbocycles. The third kappa shape index (κ3) is 6.23. The van der Waals surface area contributed by atoms with E-state index in [-0.39, 0.29) is 11.7 Å². The fourth-order valence-electron chi connectivity index (χ4n) is 4.37. The van der Waals surface area contributed by atoms with Crippen molar-refractivity contribution in [2.45, 2.75) is 64.6 Å². The number of carbonyl (C=O) groups is 1. The molecule has 2 heterocycles. The molecule has 0 aliphatic heterocycles. The van der Waals surface area contributed by atoms with Crippen LogP contribution in [0.3, 0.4) is 0 Å². The SMILES string of the molecule is CCn1c(CCCOc2ccc(Cl)cc2C)nnc1SCC(=O)Nc1sc2c(c1C#N)CCC(C)C2. The number of nitrogens with zero attached hydrogens (tertiary/aromatic N) is 4. The minimum absolute atomic E-state index is 0.137. The monoisotopic (exact) mass is 543 g/mol. The lowest BCUT2D eigenvalue weighted by atomic mass is 9.89. The van der Waals surface area contributed by atoms with E-state index >= 15 is 0 Å².